The molecule has 0 radical (unpaired) electrons. The molecule has 0 spiro atoms. The molecule has 7 nitrogen and oxygen atoms in total. The van der Waals surface area contributed by atoms with Gasteiger partial charge in [-0.2, -0.15) is 0 Å². The summed E-state index contributed by atoms with van der Waals surface area (Å²) in [5.41, 5.74) is 3.73. The summed E-state index contributed by atoms with van der Waals surface area (Å²) >= 11 is 0. The van der Waals surface area contributed by atoms with Crippen molar-refractivity contribution in [1.29, 1.82) is 0 Å². The highest BCUT2D eigenvalue weighted by Gasteiger charge is 2.29. The number of aryl methyl sites for hydroxylation is 2. The van der Waals surface area contributed by atoms with E-state index >= 15 is 0 Å². The molecule has 1 atom stereocenters. The smallest absolute Gasteiger partial charge is 0.264 e. The first-order valence-corrected chi connectivity index (χ1v) is 14.4. The molecule has 0 aliphatic heterocycles. The minimum Gasteiger partial charge on any atom is -0.348 e. The molecule has 0 unspecified atom stereocenters. The first-order chi connectivity index (χ1) is 16.3. The summed E-state index contributed by atoms with van der Waals surface area (Å²) in [6.45, 7) is 6.93. The Morgan fingerprint density at radius 1 is 0.857 bits per heavy atom. The second-order valence-corrected chi connectivity index (χ2v) is 12.6. The van der Waals surface area contributed by atoms with E-state index in [2.05, 4.69) is 5.32 Å². The number of hydrogen-bond acceptors (Lipinski definition) is 5. The zero-order chi connectivity index (χ0) is 26.0. The largest absolute Gasteiger partial charge is 0.348 e. The highest BCUT2D eigenvalue weighted by molar-refractivity contribution is 7.93. The molecule has 0 aliphatic carbocycles. The standard InChI is InChI=1S/C26H30N2O5S2/c1-18-9-13-24(14-10-18)35(32,33)28(25-8-6-7-19(2)20(25)3)17-26(29)27-21(4)22-11-15-23(16-12-22)34(5,30)31/h6-16,21H,17H2,1-5H3,(H,27,29)/t21-/m0/s1. The minimum absolute atomic E-state index is 0.0984. The molecule has 0 bridgehead atoms. The summed E-state index contributed by atoms with van der Waals surface area (Å²) in [5.74, 6) is -0.485. The second kappa shape index (κ2) is 10.2. The summed E-state index contributed by atoms with van der Waals surface area (Å²) in [6, 6.07) is 17.6. The average molecular weight is 515 g/mol. The molecule has 0 heterocycles. The zero-order valence-corrected chi connectivity index (χ0v) is 22.1. The number of carbonyl (C=O) groups is 1. The van der Waals surface area contributed by atoms with Crippen molar-refractivity contribution in [2.75, 3.05) is 17.1 Å². The predicted octanol–water partition coefficient (Wildman–Crippen LogP) is 4.09. The molecule has 186 valence electrons. The maximum Gasteiger partial charge on any atom is 0.264 e. The van der Waals surface area contributed by atoms with E-state index < -0.39 is 38.4 Å². The Kier molecular flexibility index (Phi) is 7.71. The number of rotatable bonds is 8. The Bertz CT molecular complexity index is 1430. The molecule has 0 aliphatic rings. The number of carbonyl (C=O) groups excluding carboxylic acids is 1. The molecular weight excluding hydrogens is 484 g/mol. The van der Waals surface area contributed by atoms with Crippen molar-refractivity contribution >= 4 is 31.5 Å². The minimum atomic E-state index is -4.02. The quantitative estimate of drug-likeness (QED) is 0.488. The van der Waals surface area contributed by atoms with Crippen LogP contribution in [-0.2, 0) is 24.7 Å². The van der Waals surface area contributed by atoms with Crippen molar-refractivity contribution in [2.24, 2.45) is 0 Å². The van der Waals surface area contributed by atoms with Crippen molar-refractivity contribution in [1.82, 2.24) is 5.32 Å². The molecule has 3 rings (SSSR count). The maximum absolute atomic E-state index is 13.6. The average Bonchev–Trinajstić information content (AvgIpc) is 2.79. The van der Waals surface area contributed by atoms with Gasteiger partial charge in [-0.25, -0.2) is 16.8 Å². The van der Waals surface area contributed by atoms with Gasteiger partial charge in [0.25, 0.3) is 10.0 Å². The van der Waals surface area contributed by atoms with Crippen LogP contribution in [0.25, 0.3) is 0 Å². The number of anilines is 1. The highest BCUT2D eigenvalue weighted by Crippen LogP contribution is 2.29. The van der Waals surface area contributed by atoms with Gasteiger partial charge in [0.1, 0.15) is 6.54 Å². The monoisotopic (exact) mass is 514 g/mol. The van der Waals surface area contributed by atoms with Crippen molar-refractivity contribution < 1.29 is 21.6 Å². The van der Waals surface area contributed by atoms with Crippen molar-refractivity contribution in [3.63, 3.8) is 0 Å². The Labute approximate surface area is 207 Å². The molecule has 3 aromatic carbocycles. The Morgan fingerprint density at radius 2 is 1.43 bits per heavy atom. The van der Waals surface area contributed by atoms with Gasteiger partial charge >= 0.3 is 0 Å². The van der Waals surface area contributed by atoms with Gasteiger partial charge in [-0.05, 0) is 74.7 Å². The van der Waals surface area contributed by atoms with Crippen LogP contribution in [0, 0.1) is 20.8 Å². The normalized spacial score (nSPS) is 12.7. The molecular formula is C26H30N2O5S2. The van der Waals surface area contributed by atoms with E-state index in [1.165, 1.54) is 24.3 Å². The fraction of sp³-hybridized carbons (Fsp3) is 0.269. The lowest BCUT2D eigenvalue weighted by Crippen LogP contribution is -2.42. The van der Waals surface area contributed by atoms with Gasteiger partial charge in [0.05, 0.1) is 21.5 Å². The number of amides is 1. The lowest BCUT2D eigenvalue weighted by molar-refractivity contribution is -0.120. The number of hydrogen-bond donors (Lipinski definition) is 1. The number of nitrogens with zero attached hydrogens (tertiary/aromatic N) is 1. The van der Waals surface area contributed by atoms with Crippen LogP contribution in [0.4, 0.5) is 5.69 Å². The van der Waals surface area contributed by atoms with Gasteiger partial charge in [-0.1, -0.05) is 42.0 Å². The fourth-order valence-corrected chi connectivity index (χ4v) is 5.76. The summed E-state index contributed by atoms with van der Waals surface area (Å²) in [7, 11) is -7.35. The number of benzene rings is 3. The molecule has 0 saturated heterocycles. The fourth-order valence-electron chi connectivity index (χ4n) is 3.65. The summed E-state index contributed by atoms with van der Waals surface area (Å²) in [5, 5.41) is 2.83. The van der Waals surface area contributed by atoms with Crippen molar-refractivity contribution in [3.8, 4) is 0 Å². The van der Waals surface area contributed by atoms with Crippen molar-refractivity contribution in [3.05, 3.63) is 89.0 Å². The summed E-state index contributed by atoms with van der Waals surface area (Å²) in [4.78, 5) is 13.3. The third kappa shape index (κ3) is 6.10. The molecule has 1 amide bonds. The molecule has 0 saturated carbocycles. The van der Waals surface area contributed by atoms with E-state index in [1.807, 2.05) is 26.8 Å². The summed E-state index contributed by atoms with van der Waals surface area (Å²) in [6.07, 6.45) is 1.13. The Morgan fingerprint density at radius 3 is 2.00 bits per heavy atom. The van der Waals surface area contributed by atoms with E-state index in [0.29, 0.717) is 11.3 Å². The number of nitrogens with one attached hydrogen (secondary N) is 1. The molecule has 3 aromatic rings. The van der Waals surface area contributed by atoms with Crippen molar-refractivity contribution in [2.45, 2.75) is 43.5 Å². The molecule has 1 N–H and O–H groups in total. The van der Waals surface area contributed by atoms with Gasteiger partial charge in [0.15, 0.2) is 9.84 Å². The van der Waals surface area contributed by atoms with Crippen LogP contribution in [0.3, 0.4) is 0 Å². The van der Waals surface area contributed by atoms with Gasteiger partial charge in [-0.3, -0.25) is 9.10 Å². The molecule has 35 heavy (non-hydrogen) atoms. The molecule has 9 heteroatoms. The SMILES string of the molecule is Cc1ccc(S(=O)(=O)N(CC(=O)N[C@@H](C)c2ccc(S(C)(=O)=O)cc2)c2cccc(C)c2C)cc1. The molecule has 0 fully saturated rings. The molecule has 0 aromatic heterocycles. The topological polar surface area (TPSA) is 101 Å². The number of sulfonamides is 1. The zero-order valence-electron chi connectivity index (χ0n) is 20.4. The Hall–Kier alpha value is -3.17. The van der Waals surface area contributed by atoms with Gasteiger partial charge in [0, 0.05) is 6.26 Å². The van der Waals surface area contributed by atoms with Crippen LogP contribution < -0.4 is 9.62 Å². The lowest BCUT2D eigenvalue weighted by Gasteiger charge is -2.27. The summed E-state index contributed by atoms with van der Waals surface area (Å²) < 4.78 is 51.8. The van der Waals surface area contributed by atoms with Crippen LogP contribution in [-0.4, -0.2) is 35.5 Å². The van der Waals surface area contributed by atoms with E-state index in [-0.39, 0.29) is 9.79 Å². The predicted molar refractivity (Wildman–Crippen MR) is 138 cm³/mol. The second-order valence-electron chi connectivity index (χ2n) is 8.67. The van der Waals surface area contributed by atoms with Crippen LogP contribution in [0.5, 0.6) is 0 Å². The van der Waals surface area contributed by atoms with E-state index in [1.54, 1.807) is 43.3 Å². The first kappa shape index (κ1) is 26.4. The van der Waals surface area contributed by atoms with Gasteiger partial charge in [-0.15, -0.1) is 0 Å². The number of sulfone groups is 1. The third-order valence-corrected chi connectivity index (χ3v) is 8.83. The van der Waals surface area contributed by atoms with E-state index in [9.17, 15) is 21.6 Å². The lowest BCUT2D eigenvalue weighted by atomic mass is 10.1. The van der Waals surface area contributed by atoms with Crippen LogP contribution in [0.1, 0.15) is 35.2 Å². The Balaban J connectivity index is 1.91. The van der Waals surface area contributed by atoms with Crippen LogP contribution in [0.2, 0.25) is 0 Å². The maximum atomic E-state index is 13.6. The van der Waals surface area contributed by atoms with Crippen LogP contribution in [0.15, 0.2) is 76.5 Å². The highest BCUT2D eigenvalue weighted by atomic mass is 32.2. The van der Waals surface area contributed by atoms with E-state index in [4.69, 9.17) is 0 Å². The van der Waals surface area contributed by atoms with Gasteiger partial charge < -0.3 is 5.32 Å². The van der Waals surface area contributed by atoms with Crippen LogP contribution >= 0.6 is 0 Å². The third-order valence-electron chi connectivity index (χ3n) is 5.93. The first-order valence-electron chi connectivity index (χ1n) is 11.1. The van der Waals surface area contributed by atoms with Gasteiger partial charge in [0.2, 0.25) is 5.91 Å². The van der Waals surface area contributed by atoms with E-state index in [0.717, 1.165) is 27.3 Å².